The first-order chi connectivity index (χ1) is 4.66. The van der Waals surface area contributed by atoms with Gasteiger partial charge in [-0.2, -0.15) is 0 Å². The minimum absolute atomic E-state index is 0.343. The Balaban J connectivity index is 3.20. The molecule has 2 nitrogen and oxygen atoms in total. The molecule has 0 aromatic carbocycles. The Kier molecular flexibility index (Phi) is 2.61. The fourth-order valence-electron chi connectivity index (χ4n) is 0.649. The lowest BCUT2D eigenvalue weighted by Crippen LogP contribution is -1.93. The van der Waals surface area contributed by atoms with E-state index in [0.29, 0.717) is 15.0 Å². The quantitative estimate of drug-likeness (QED) is 0.742. The van der Waals surface area contributed by atoms with E-state index in [-0.39, 0.29) is 0 Å². The van der Waals surface area contributed by atoms with Crippen molar-refractivity contribution in [3.63, 3.8) is 0 Å². The maximum atomic E-state index is 5.75. The van der Waals surface area contributed by atoms with Crippen molar-refractivity contribution >= 4 is 39.1 Å². The lowest BCUT2D eigenvalue weighted by molar-refractivity contribution is 0.742. The predicted molar refractivity (Wildman–Crippen MR) is 45.6 cm³/mol. The van der Waals surface area contributed by atoms with E-state index in [9.17, 15) is 0 Å². The van der Waals surface area contributed by atoms with Crippen LogP contribution in [0, 0.1) is 0 Å². The summed E-state index contributed by atoms with van der Waals surface area (Å²) in [6, 6.07) is 0. The third kappa shape index (κ3) is 1.31. The molecule has 0 atom stereocenters. The normalized spacial score (nSPS) is 10.4. The summed E-state index contributed by atoms with van der Waals surface area (Å²) in [5.41, 5.74) is 0. The first kappa shape index (κ1) is 8.37. The van der Waals surface area contributed by atoms with Crippen molar-refractivity contribution in [3.8, 4) is 0 Å². The summed E-state index contributed by atoms with van der Waals surface area (Å²) in [4.78, 5) is 3.89. The van der Waals surface area contributed by atoms with Gasteiger partial charge >= 0.3 is 0 Å². The Hall–Kier alpha value is 0.270. The SMILES string of the molecule is CCn1c(Br)nc(Cl)c1Cl. The Morgan fingerprint density at radius 3 is 2.40 bits per heavy atom. The summed E-state index contributed by atoms with van der Waals surface area (Å²) in [7, 11) is 0. The summed E-state index contributed by atoms with van der Waals surface area (Å²) in [5.74, 6) is 0. The molecule has 10 heavy (non-hydrogen) atoms. The maximum Gasteiger partial charge on any atom is 0.179 e. The van der Waals surface area contributed by atoms with Crippen molar-refractivity contribution in [1.29, 1.82) is 0 Å². The highest BCUT2D eigenvalue weighted by Gasteiger charge is 2.08. The van der Waals surface area contributed by atoms with Crippen molar-refractivity contribution in [3.05, 3.63) is 15.0 Å². The number of aromatic nitrogens is 2. The molecule has 0 amide bonds. The first-order valence-electron chi connectivity index (χ1n) is 2.73. The summed E-state index contributed by atoms with van der Waals surface area (Å²) >= 11 is 14.6. The summed E-state index contributed by atoms with van der Waals surface area (Å²) in [6.45, 7) is 2.73. The van der Waals surface area contributed by atoms with Gasteiger partial charge in [-0.3, -0.25) is 0 Å². The van der Waals surface area contributed by atoms with Crippen LogP contribution in [0.4, 0.5) is 0 Å². The van der Waals surface area contributed by atoms with E-state index in [4.69, 9.17) is 23.2 Å². The van der Waals surface area contributed by atoms with Gasteiger partial charge in [0.05, 0.1) is 0 Å². The van der Waals surface area contributed by atoms with Gasteiger partial charge in [-0.05, 0) is 22.9 Å². The zero-order chi connectivity index (χ0) is 7.72. The van der Waals surface area contributed by atoms with E-state index in [1.807, 2.05) is 6.92 Å². The standard InChI is InChI=1S/C5H5BrCl2N2/c1-2-10-4(8)3(7)9-5(10)6/h2H2,1H3. The Morgan fingerprint density at radius 1 is 1.60 bits per heavy atom. The predicted octanol–water partition coefficient (Wildman–Crippen LogP) is 2.97. The molecule has 5 heteroatoms. The smallest absolute Gasteiger partial charge is 0.179 e. The number of rotatable bonds is 1. The molecule has 1 heterocycles. The van der Waals surface area contributed by atoms with Gasteiger partial charge in [-0.15, -0.1) is 0 Å². The number of halogens is 3. The van der Waals surface area contributed by atoms with Crippen LogP contribution in [-0.2, 0) is 6.54 Å². The topological polar surface area (TPSA) is 17.8 Å². The molecule has 0 saturated carbocycles. The van der Waals surface area contributed by atoms with E-state index < -0.39 is 0 Å². The highest BCUT2D eigenvalue weighted by molar-refractivity contribution is 9.10. The van der Waals surface area contributed by atoms with E-state index in [0.717, 1.165) is 6.54 Å². The Morgan fingerprint density at radius 2 is 2.20 bits per heavy atom. The zero-order valence-corrected chi connectivity index (χ0v) is 8.33. The van der Waals surface area contributed by atoms with Crippen LogP contribution in [0.15, 0.2) is 4.73 Å². The average molecular weight is 244 g/mol. The first-order valence-corrected chi connectivity index (χ1v) is 4.28. The van der Waals surface area contributed by atoms with Gasteiger partial charge in [0.1, 0.15) is 5.15 Å². The molecule has 0 aliphatic heterocycles. The third-order valence-electron chi connectivity index (χ3n) is 1.14. The van der Waals surface area contributed by atoms with Gasteiger partial charge in [-0.25, -0.2) is 4.98 Å². The monoisotopic (exact) mass is 242 g/mol. The molecule has 0 radical (unpaired) electrons. The van der Waals surface area contributed by atoms with Crippen LogP contribution < -0.4 is 0 Å². The van der Waals surface area contributed by atoms with E-state index in [1.54, 1.807) is 4.57 Å². The number of hydrogen-bond acceptors (Lipinski definition) is 1. The van der Waals surface area contributed by atoms with Crippen LogP contribution in [0.25, 0.3) is 0 Å². The number of hydrogen-bond donors (Lipinski definition) is 0. The minimum Gasteiger partial charge on any atom is -0.309 e. The van der Waals surface area contributed by atoms with Crippen molar-refractivity contribution in [1.82, 2.24) is 9.55 Å². The minimum atomic E-state index is 0.343. The van der Waals surface area contributed by atoms with Crippen LogP contribution in [0.1, 0.15) is 6.92 Å². The van der Waals surface area contributed by atoms with E-state index >= 15 is 0 Å². The van der Waals surface area contributed by atoms with Gasteiger partial charge in [0.15, 0.2) is 9.89 Å². The summed E-state index contributed by atoms with van der Waals surface area (Å²) < 4.78 is 2.44. The van der Waals surface area contributed by atoms with Gasteiger partial charge in [0, 0.05) is 6.54 Å². The summed E-state index contributed by atoms with van der Waals surface area (Å²) in [5, 5.41) is 0.825. The zero-order valence-electron chi connectivity index (χ0n) is 5.24. The van der Waals surface area contributed by atoms with Crippen LogP contribution in [0.5, 0.6) is 0 Å². The van der Waals surface area contributed by atoms with Gasteiger partial charge in [-0.1, -0.05) is 23.2 Å². The fraction of sp³-hybridized carbons (Fsp3) is 0.400. The third-order valence-corrected chi connectivity index (χ3v) is 2.49. The molecule has 56 valence electrons. The molecule has 1 rings (SSSR count). The molecule has 0 N–H and O–H groups in total. The van der Waals surface area contributed by atoms with Crippen molar-refractivity contribution < 1.29 is 0 Å². The molecular formula is C5H5BrCl2N2. The average Bonchev–Trinajstić information content (AvgIpc) is 2.09. The van der Waals surface area contributed by atoms with Gasteiger partial charge in [0.25, 0.3) is 0 Å². The highest BCUT2D eigenvalue weighted by Crippen LogP contribution is 2.25. The maximum absolute atomic E-state index is 5.75. The van der Waals surface area contributed by atoms with Gasteiger partial charge in [0.2, 0.25) is 0 Å². The molecule has 0 aliphatic rings. The molecule has 0 saturated heterocycles. The van der Waals surface area contributed by atoms with E-state index in [2.05, 4.69) is 20.9 Å². The second-order valence-corrected chi connectivity index (χ2v) is 3.13. The second-order valence-electron chi connectivity index (χ2n) is 1.71. The molecule has 1 aromatic heterocycles. The van der Waals surface area contributed by atoms with Gasteiger partial charge < -0.3 is 4.57 Å². The highest BCUT2D eigenvalue weighted by atomic mass is 79.9. The Bertz CT molecular complexity index is 246. The lowest BCUT2D eigenvalue weighted by Gasteiger charge is -1.97. The molecule has 0 unspecified atom stereocenters. The number of imidazole rings is 1. The molecule has 0 bridgehead atoms. The van der Waals surface area contributed by atoms with Crippen molar-refractivity contribution in [2.24, 2.45) is 0 Å². The van der Waals surface area contributed by atoms with Crippen LogP contribution in [-0.4, -0.2) is 9.55 Å². The van der Waals surface area contributed by atoms with Crippen molar-refractivity contribution in [2.45, 2.75) is 13.5 Å². The van der Waals surface area contributed by atoms with Crippen LogP contribution in [0.3, 0.4) is 0 Å². The molecule has 0 spiro atoms. The lowest BCUT2D eigenvalue weighted by atomic mass is 10.7. The van der Waals surface area contributed by atoms with Crippen LogP contribution >= 0.6 is 39.1 Å². The van der Waals surface area contributed by atoms with E-state index in [1.165, 1.54) is 0 Å². The van der Waals surface area contributed by atoms with Crippen LogP contribution in [0.2, 0.25) is 10.3 Å². The molecule has 0 aliphatic carbocycles. The van der Waals surface area contributed by atoms with Crippen molar-refractivity contribution in [2.75, 3.05) is 0 Å². The largest absolute Gasteiger partial charge is 0.309 e. The Labute approximate surface area is 77.3 Å². The summed E-state index contributed by atoms with van der Waals surface area (Å²) in [6.07, 6.45) is 0. The number of nitrogens with zero attached hydrogens (tertiary/aromatic N) is 2. The molecule has 0 fully saturated rings. The second kappa shape index (κ2) is 3.11. The fourth-order valence-corrected chi connectivity index (χ4v) is 1.88. The molecular weight excluding hydrogens is 239 g/mol. The molecule has 1 aromatic rings.